The van der Waals surface area contributed by atoms with E-state index in [4.69, 9.17) is 25.8 Å². The Kier molecular flexibility index (Phi) is 5.23. The fraction of sp³-hybridized carbons (Fsp3) is 0.278. The van der Waals surface area contributed by atoms with Gasteiger partial charge < -0.3 is 19.5 Å². The van der Waals surface area contributed by atoms with Crippen molar-refractivity contribution in [2.24, 2.45) is 5.92 Å². The minimum absolute atomic E-state index is 0.0886. The quantitative estimate of drug-likeness (QED) is 0.884. The van der Waals surface area contributed by atoms with Gasteiger partial charge in [0.25, 0.3) is 0 Å². The molecule has 126 valence electrons. The summed E-state index contributed by atoms with van der Waals surface area (Å²) in [6.07, 6.45) is 0.723. The summed E-state index contributed by atoms with van der Waals surface area (Å²) in [5.41, 5.74) is 0.537. The lowest BCUT2D eigenvalue weighted by molar-refractivity contribution is -0.119. The van der Waals surface area contributed by atoms with Gasteiger partial charge in [-0.1, -0.05) is 11.6 Å². The normalized spacial score (nSPS) is 16.7. The molecule has 1 aliphatic heterocycles. The zero-order valence-electron chi connectivity index (χ0n) is 13.3. The molecule has 1 heterocycles. The Labute approximate surface area is 145 Å². The first-order chi connectivity index (χ1) is 11.7. The third-order valence-corrected chi connectivity index (χ3v) is 4.02. The van der Waals surface area contributed by atoms with Gasteiger partial charge in [-0.05, 0) is 48.9 Å². The molecule has 2 aromatic carbocycles. The standard InChI is InChI=1S/C18H18ClNO4/c1-22-14-3-5-15(6-4-14)24-17-7-2-13(19)10-16(17)20-18(21)12-8-9-23-11-12/h2-7,10,12H,8-9,11H2,1H3,(H,20,21). The predicted molar refractivity (Wildman–Crippen MR) is 92.1 cm³/mol. The van der Waals surface area contributed by atoms with Gasteiger partial charge in [-0.2, -0.15) is 0 Å². The molecule has 5 nitrogen and oxygen atoms in total. The third kappa shape index (κ3) is 3.99. The molecule has 1 atom stereocenters. The molecule has 1 N–H and O–H groups in total. The molecule has 24 heavy (non-hydrogen) atoms. The van der Waals surface area contributed by atoms with E-state index in [9.17, 15) is 4.79 Å². The van der Waals surface area contributed by atoms with Crippen LogP contribution >= 0.6 is 11.6 Å². The molecule has 1 saturated heterocycles. The molecular weight excluding hydrogens is 330 g/mol. The molecule has 0 spiro atoms. The highest BCUT2D eigenvalue weighted by molar-refractivity contribution is 6.31. The number of amides is 1. The summed E-state index contributed by atoms with van der Waals surface area (Å²) in [7, 11) is 1.61. The van der Waals surface area contributed by atoms with Crippen LogP contribution in [-0.4, -0.2) is 26.2 Å². The summed E-state index contributed by atoms with van der Waals surface area (Å²) in [6.45, 7) is 1.06. The lowest BCUT2D eigenvalue weighted by atomic mass is 10.1. The SMILES string of the molecule is COc1ccc(Oc2ccc(Cl)cc2NC(=O)C2CCOC2)cc1. The van der Waals surface area contributed by atoms with Gasteiger partial charge in [0.2, 0.25) is 5.91 Å². The van der Waals surface area contributed by atoms with Gasteiger partial charge in [-0.3, -0.25) is 4.79 Å². The van der Waals surface area contributed by atoms with Crippen LogP contribution in [0.5, 0.6) is 17.2 Å². The van der Waals surface area contributed by atoms with Gasteiger partial charge in [0.1, 0.15) is 11.5 Å². The van der Waals surface area contributed by atoms with Crippen molar-refractivity contribution in [1.29, 1.82) is 0 Å². The van der Waals surface area contributed by atoms with Crippen molar-refractivity contribution in [3.8, 4) is 17.2 Å². The van der Waals surface area contributed by atoms with Crippen molar-refractivity contribution < 1.29 is 19.0 Å². The Morgan fingerprint density at radius 2 is 1.96 bits per heavy atom. The Morgan fingerprint density at radius 3 is 2.62 bits per heavy atom. The first-order valence-corrected chi connectivity index (χ1v) is 8.03. The highest BCUT2D eigenvalue weighted by Crippen LogP contribution is 2.33. The van der Waals surface area contributed by atoms with Gasteiger partial charge >= 0.3 is 0 Å². The number of rotatable bonds is 5. The molecule has 0 aliphatic carbocycles. The maximum atomic E-state index is 12.3. The van der Waals surface area contributed by atoms with Crippen molar-refractivity contribution in [1.82, 2.24) is 0 Å². The Hall–Kier alpha value is -2.24. The first-order valence-electron chi connectivity index (χ1n) is 7.66. The van der Waals surface area contributed by atoms with Crippen LogP contribution in [0, 0.1) is 5.92 Å². The van der Waals surface area contributed by atoms with Crippen LogP contribution in [0.4, 0.5) is 5.69 Å². The van der Waals surface area contributed by atoms with Crippen LogP contribution in [0.2, 0.25) is 5.02 Å². The molecule has 1 aliphatic rings. The van der Waals surface area contributed by atoms with E-state index in [0.717, 1.165) is 12.2 Å². The molecule has 0 bridgehead atoms. The van der Waals surface area contributed by atoms with Crippen LogP contribution in [0.3, 0.4) is 0 Å². The van der Waals surface area contributed by atoms with Crippen molar-refractivity contribution in [2.75, 3.05) is 25.6 Å². The van der Waals surface area contributed by atoms with E-state index in [2.05, 4.69) is 5.32 Å². The van der Waals surface area contributed by atoms with E-state index in [1.165, 1.54) is 0 Å². The number of halogens is 1. The minimum atomic E-state index is -0.141. The van der Waals surface area contributed by atoms with Gasteiger partial charge in [0.15, 0.2) is 5.75 Å². The van der Waals surface area contributed by atoms with Crippen LogP contribution in [0.15, 0.2) is 42.5 Å². The molecule has 0 saturated carbocycles. The number of nitrogens with one attached hydrogen (secondary N) is 1. The van der Waals surface area contributed by atoms with Gasteiger partial charge in [-0.15, -0.1) is 0 Å². The largest absolute Gasteiger partial charge is 0.497 e. The van der Waals surface area contributed by atoms with Gasteiger partial charge in [0.05, 0.1) is 25.3 Å². The van der Waals surface area contributed by atoms with E-state index < -0.39 is 0 Å². The number of carbonyl (C=O) groups excluding carboxylic acids is 1. The molecule has 0 radical (unpaired) electrons. The number of ether oxygens (including phenoxy) is 3. The van der Waals surface area contributed by atoms with E-state index in [-0.39, 0.29) is 11.8 Å². The van der Waals surface area contributed by atoms with Crippen LogP contribution in [0.25, 0.3) is 0 Å². The van der Waals surface area contributed by atoms with E-state index in [0.29, 0.717) is 35.4 Å². The van der Waals surface area contributed by atoms with Gasteiger partial charge in [0, 0.05) is 11.6 Å². The number of methoxy groups -OCH3 is 1. The average Bonchev–Trinajstić information content (AvgIpc) is 3.13. The van der Waals surface area contributed by atoms with Crippen LogP contribution in [-0.2, 0) is 9.53 Å². The summed E-state index contributed by atoms with van der Waals surface area (Å²) in [4.78, 5) is 12.3. The van der Waals surface area contributed by atoms with Gasteiger partial charge in [-0.25, -0.2) is 0 Å². The number of carbonyl (C=O) groups is 1. The molecule has 1 unspecified atom stereocenters. The first kappa shape index (κ1) is 16.6. The number of anilines is 1. The molecule has 3 rings (SSSR count). The maximum Gasteiger partial charge on any atom is 0.230 e. The highest BCUT2D eigenvalue weighted by atomic mass is 35.5. The molecule has 1 fully saturated rings. The summed E-state index contributed by atoms with van der Waals surface area (Å²) in [6, 6.07) is 12.3. The molecule has 6 heteroatoms. The van der Waals surface area contributed by atoms with Crippen molar-refractivity contribution in [2.45, 2.75) is 6.42 Å². The van der Waals surface area contributed by atoms with Crippen molar-refractivity contribution in [3.05, 3.63) is 47.5 Å². The Balaban J connectivity index is 1.77. The fourth-order valence-electron chi connectivity index (χ4n) is 2.44. The van der Waals surface area contributed by atoms with Crippen molar-refractivity contribution >= 4 is 23.2 Å². The summed E-state index contributed by atoms with van der Waals surface area (Å²) >= 11 is 6.05. The second-order valence-corrected chi connectivity index (χ2v) is 5.90. The van der Waals surface area contributed by atoms with Crippen LogP contribution < -0.4 is 14.8 Å². The fourth-order valence-corrected chi connectivity index (χ4v) is 2.61. The topological polar surface area (TPSA) is 56.8 Å². The zero-order valence-corrected chi connectivity index (χ0v) is 14.0. The Morgan fingerprint density at radius 1 is 1.21 bits per heavy atom. The second-order valence-electron chi connectivity index (χ2n) is 5.47. The third-order valence-electron chi connectivity index (χ3n) is 3.79. The second kappa shape index (κ2) is 7.55. The minimum Gasteiger partial charge on any atom is -0.497 e. The Bertz CT molecular complexity index is 711. The summed E-state index contributed by atoms with van der Waals surface area (Å²) in [5.74, 6) is 1.68. The van der Waals surface area contributed by atoms with E-state index in [1.54, 1.807) is 49.6 Å². The number of hydrogen-bond acceptors (Lipinski definition) is 4. The van der Waals surface area contributed by atoms with Crippen molar-refractivity contribution in [3.63, 3.8) is 0 Å². The smallest absolute Gasteiger partial charge is 0.230 e. The number of benzene rings is 2. The highest BCUT2D eigenvalue weighted by Gasteiger charge is 2.24. The summed E-state index contributed by atoms with van der Waals surface area (Å²) < 4.78 is 16.3. The average molecular weight is 348 g/mol. The van der Waals surface area contributed by atoms with Crippen LogP contribution in [0.1, 0.15) is 6.42 Å². The molecular formula is C18H18ClNO4. The van der Waals surface area contributed by atoms with E-state index >= 15 is 0 Å². The molecule has 0 aromatic heterocycles. The van der Waals surface area contributed by atoms with E-state index in [1.807, 2.05) is 0 Å². The summed E-state index contributed by atoms with van der Waals surface area (Å²) in [5, 5.41) is 3.41. The lowest BCUT2D eigenvalue weighted by Gasteiger charge is -2.15. The lowest BCUT2D eigenvalue weighted by Crippen LogP contribution is -2.23. The maximum absolute atomic E-state index is 12.3. The number of hydrogen-bond donors (Lipinski definition) is 1. The predicted octanol–water partition coefficient (Wildman–Crippen LogP) is 4.12. The monoisotopic (exact) mass is 347 g/mol. The molecule has 1 amide bonds. The zero-order chi connectivity index (χ0) is 16.9. The molecule has 2 aromatic rings.